The van der Waals surface area contributed by atoms with Crippen molar-refractivity contribution in [3.8, 4) is 17.2 Å². The van der Waals surface area contributed by atoms with Crippen LogP contribution in [0.25, 0.3) is 0 Å². The number of carbonyl (C=O) groups excluding carboxylic acids is 2. The Labute approximate surface area is 211 Å². The van der Waals surface area contributed by atoms with Crippen molar-refractivity contribution in [1.82, 2.24) is 0 Å². The zero-order valence-corrected chi connectivity index (χ0v) is 20.8. The minimum Gasteiger partial charge on any atom is -0.478 e. The lowest BCUT2D eigenvalue weighted by molar-refractivity contribution is -0.142. The maximum Gasteiger partial charge on any atom is 0.340 e. The number of halogens is 6. The number of carbonyl (C=O) groups is 3. The fraction of sp³-hybridized carbons (Fsp3) is 0.471. The number of hydrogen-bond acceptors (Lipinski definition) is 8. The second-order valence-corrected chi connectivity index (χ2v) is 11.1. The standard InChI is InChI=1S/C17H14Cl6O9/c1-4(24)7-8-10(31-15(17(21,22)23)32-13(8)16(18,19)20)12(30-6(3)26)11(29-5(2)25)9(7)14(27)28/h4,13,15,24H,1-3H3,(H,27,28). The first kappa shape index (κ1) is 27.3. The Bertz CT molecular complexity index is 952. The summed E-state index contributed by atoms with van der Waals surface area (Å²) in [6.45, 7) is 3.12. The molecule has 1 heterocycles. The Morgan fingerprint density at radius 3 is 1.84 bits per heavy atom. The van der Waals surface area contributed by atoms with Crippen molar-refractivity contribution in [3.05, 3.63) is 16.7 Å². The van der Waals surface area contributed by atoms with Crippen molar-refractivity contribution in [1.29, 1.82) is 0 Å². The summed E-state index contributed by atoms with van der Waals surface area (Å²) in [7, 11) is 0. The second kappa shape index (κ2) is 9.76. The van der Waals surface area contributed by atoms with Gasteiger partial charge in [-0.1, -0.05) is 69.6 Å². The summed E-state index contributed by atoms with van der Waals surface area (Å²) >= 11 is 35.8. The zero-order valence-electron chi connectivity index (χ0n) is 16.3. The molecule has 0 radical (unpaired) electrons. The van der Waals surface area contributed by atoms with E-state index >= 15 is 0 Å². The molecule has 1 aliphatic rings. The van der Waals surface area contributed by atoms with Crippen LogP contribution in [0.5, 0.6) is 17.2 Å². The molecule has 1 aromatic carbocycles. The van der Waals surface area contributed by atoms with Gasteiger partial charge < -0.3 is 29.2 Å². The highest BCUT2D eigenvalue weighted by Crippen LogP contribution is 2.59. The number of esters is 2. The molecule has 1 aromatic rings. The molecule has 1 aliphatic heterocycles. The van der Waals surface area contributed by atoms with E-state index in [1.165, 1.54) is 6.92 Å². The van der Waals surface area contributed by atoms with Gasteiger partial charge in [0, 0.05) is 25.0 Å². The highest BCUT2D eigenvalue weighted by molar-refractivity contribution is 6.68. The van der Waals surface area contributed by atoms with Crippen molar-refractivity contribution in [2.45, 2.75) is 46.9 Å². The Kier molecular flexibility index (Phi) is 8.33. The van der Waals surface area contributed by atoms with E-state index in [0.717, 1.165) is 13.8 Å². The molecule has 3 unspecified atom stereocenters. The smallest absolute Gasteiger partial charge is 0.340 e. The number of aliphatic hydroxyl groups is 1. The van der Waals surface area contributed by atoms with Gasteiger partial charge in [-0.3, -0.25) is 9.59 Å². The Morgan fingerprint density at radius 1 is 0.969 bits per heavy atom. The predicted octanol–water partition coefficient (Wildman–Crippen LogP) is 4.81. The number of rotatable bonds is 4. The van der Waals surface area contributed by atoms with Gasteiger partial charge in [0.15, 0.2) is 11.5 Å². The van der Waals surface area contributed by atoms with Gasteiger partial charge in [0.2, 0.25) is 15.8 Å². The highest BCUT2D eigenvalue weighted by atomic mass is 35.6. The van der Waals surface area contributed by atoms with E-state index < -0.39 is 72.4 Å². The van der Waals surface area contributed by atoms with E-state index in [1.807, 2.05) is 0 Å². The molecule has 0 saturated carbocycles. The van der Waals surface area contributed by atoms with Gasteiger partial charge in [0.05, 0.1) is 6.10 Å². The van der Waals surface area contributed by atoms with Crippen molar-refractivity contribution in [2.24, 2.45) is 0 Å². The van der Waals surface area contributed by atoms with Gasteiger partial charge in [0.25, 0.3) is 3.79 Å². The van der Waals surface area contributed by atoms with Gasteiger partial charge in [-0.05, 0) is 6.92 Å². The fourth-order valence-corrected chi connectivity index (χ4v) is 3.70. The van der Waals surface area contributed by atoms with E-state index in [4.69, 9.17) is 88.6 Å². The summed E-state index contributed by atoms with van der Waals surface area (Å²) in [4.78, 5) is 35.6. The van der Waals surface area contributed by atoms with E-state index in [0.29, 0.717) is 0 Å². The largest absolute Gasteiger partial charge is 0.478 e. The molecule has 0 amide bonds. The summed E-state index contributed by atoms with van der Waals surface area (Å²) in [5.74, 6) is -5.58. The van der Waals surface area contributed by atoms with Crippen LogP contribution < -0.4 is 14.2 Å². The third kappa shape index (κ3) is 5.77. The lowest BCUT2D eigenvalue weighted by Crippen LogP contribution is -2.43. The van der Waals surface area contributed by atoms with Crippen molar-refractivity contribution in [3.63, 3.8) is 0 Å². The minimum atomic E-state index is -2.33. The molecule has 0 fully saturated rings. The molecule has 2 rings (SSSR count). The summed E-state index contributed by atoms with van der Waals surface area (Å²) in [5.41, 5.74) is -1.53. The SMILES string of the molecule is CC(=O)Oc1c(OC(C)=O)c(C(=O)O)c(C(C)O)c2c1OC(C(Cl)(Cl)Cl)OC2C(Cl)(Cl)Cl. The lowest BCUT2D eigenvalue weighted by Gasteiger charge is -2.40. The number of carboxylic acid groups (broad SMARTS) is 1. The first-order valence-electron chi connectivity index (χ1n) is 8.44. The molecule has 0 aliphatic carbocycles. The number of fused-ring (bicyclic) bond motifs is 1. The van der Waals surface area contributed by atoms with Crippen molar-refractivity contribution >= 4 is 87.5 Å². The maximum atomic E-state index is 12.1. The van der Waals surface area contributed by atoms with Gasteiger partial charge in [-0.25, -0.2) is 4.79 Å². The molecule has 0 bridgehead atoms. The first-order valence-corrected chi connectivity index (χ1v) is 10.7. The van der Waals surface area contributed by atoms with Crippen molar-refractivity contribution < 1.29 is 43.5 Å². The van der Waals surface area contributed by atoms with Gasteiger partial charge in [-0.15, -0.1) is 0 Å². The summed E-state index contributed by atoms with van der Waals surface area (Å²) in [6, 6.07) is 0. The Hall–Kier alpha value is -0.910. The second-order valence-electron chi connectivity index (χ2n) is 6.41. The highest BCUT2D eigenvalue weighted by Gasteiger charge is 2.52. The summed E-state index contributed by atoms with van der Waals surface area (Å²) < 4.78 is 16.5. The predicted molar refractivity (Wildman–Crippen MR) is 115 cm³/mol. The summed E-state index contributed by atoms with van der Waals surface area (Å²) in [5, 5.41) is 20.3. The molecule has 3 atom stereocenters. The molecule has 32 heavy (non-hydrogen) atoms. The topological polar surface area (TPSA) is 129 Å². The third-order valence-corrected chi connectivity index (χ3v) is 5.01. The number of alkyl halides is 6. The normalized spacial score (nSPS) is 19.4. The quantitative estimate of drug-likeness (QED) is 0.296. The molecule has 0 saturated heterocycles. The number of benzene rings is 1. The third-order valence-electron chi connectivity index (χ3n) is 3.88. The number of aromatic carboxylic acids is 1. The molecular formula is C17H14Cl6O9. The van der Waals surface area contributed by atoms with Crippen LogP contribution in [0.2, 0.25) is 0 Å². The van der Waals surface area contributed by atoms with Crippen LogP contribution in [0.4, 0.5) is 0 Å². The lowest BCUT2D eigenvalue weighted by atomic mass is 9.90. The van der Waals surface area contributed by atoms with E-state index in [-0.39, 0.29) is 5.56 Å². The van der Waals surface area contributed by atoms with E-state index in [1.54, 1.807) is 0 Å². The van der Waals surface area contributed by atoms with Crippen molar-refractivity contribution in [2.75, 3.05) is 0 Å². The monoisotopic (exact) mass is 572 g/mol. The van der Waals surface area contributed by atoms with Gasteiger partial charge >= 0.3 is 17.9 Å². The maximum absolute atomic E-state index is 12.1. The van der Waals surface area contributed by atoms with Gasteiger partial charge in [-0.2, -0.15) is 0 Å². The average molecular weight is 575 g/mol. The minimum absolute atomic E-state index is 0.338. The van der Waals surface area contributed by atoms with Crippen LogP contribution in [0, 0.1) is 0 Å². The van der Waals surface area contributed by atoms with Crippen LogP contribution in [0.1, 0.15) is 54.5 Å². The average Bonchev–Trinajstić information content (AvgIpc) is 2.59. The van der Waals surface area contributed by atoms with Crippen LogP contribution in [0.15, 0.2) is 0 Å². The molecule has 2 N–H and O–H groups in total. The molecule has 178 valence electrons. The number of ether oxygens (including phenoxy) is 4. The van der Waals surface area contributed by atoms with E-state index in [2.05, 4.69) is 0 Å². The molecule has 0 aromatic heterocycles. The number of aliphatic hydroxyl groups excluding tert-OH is 1. The number of carboxylic acids is 1. The van der Waals surface area contributed by atoms with Crippen LogP contribution >= 0.6 is 69.6 Å². The zero-order chi connectivity index (χ0) is 24.8. The fourth-order valence-electron chi connectivity index (χ4n) is 2.93. The molecule has 0 spiro atoms. The van der Waals surface area contributed by atoms with Crippen LogP contribution in [-0.2, 0) is 14.3 Å². The van der Waals surface area contributed by atoms with Gasteiger partial charge in [0.1, 0.15) is 11.7 Å². The Morgan fingerprint density at radius 2 is 1.47 bits per heavy atom. The Balaban J connectivity index is 3.12. The molecule has 9 nitrogen and oxygen atoms in total. The molecule has 15 heteroatoms. The number of hydrogen-bond donors (Lipinski definition) is 2. The van der Waals surface area contributed by atoms with E-state index in [9.17, 15) is 24.6 Å². The molecular weight excluding hydrogens is 561 g/mol. The first-order chi connectivity index (χ1) is 14.5. The summed E-state index contributed by atoms with van der Waals surface area (Å²) in [6.07, 6.45) is -5.03. The van der Waals surface area contributed by atoms with Crippen LogP contribution in [0.3, 0.4) is 0 Å². The van der Waals surface area contributed by atoms with Crippen LogP contribution in [-0.4, -0.2) is 42.0 Å².